The van der Waals surface area contributed by atoms with Gasteiger partial charge in [-0.3, -0.25) is 0 Å². The van der Waals surface area contributed by atoms with Crippen LogP contribution in [0.4, 0.5) is 0 Å². The van der Waals surface area contributed by atoms with Crippen molar-refractivity contribution in [3.8, 4) is 0 Å². The Morgan fingerprint density at radius 2 is 2.23 bits per heavy atom. The smallest absolute Gasteiger partial charge is 0.0339 e. The van der Waals surface area contributed by atoms with Crippen LogP contribution in [0.5, 0.6) is 0 Å². The van der Waals surface area contributed by atoms with Crippen molar-refractivity contribution in [3.63, 3.8) is 0 Å². The topological polar surface area (TPSA) is 0 Å². The van der Waals surface area contributed by atoms with Crippen LogP contribution in [0.3, 0.4) is 0 Å². The van der Waals surface area contributed by atoms with Crippen LogP contribution in [0.25, 0.3) is 0 Å². The second-order valence-electron chi connectivity index (χ2n) is 3.43. The summed E-state index contributed by atoms with van der Waals surface area (Å²) in [6.45, 7) is 4.37. The average molecular weight is 217 g/mol. The maximum Gasteiger partial charge on any atom is 0.0339 e. The van der Waals surface area contributed by atoms with Crippen LogP contribution in [0.1, 0.15) is 36.6 Å². The van der Waals surface area contributed by atoms with E-state index in [1.165, 1.54) is 16.9 Å². The van der Waals surface area contributed by atoms with Gasteiger partial charge in [0.2, 0.25) is 0 Å². The maximum atomic E-state index is 6.15. The zero-order chi connectivity index (χ0) is 9.68. The molecule has 1 heterocycles. The first-order valence-corrected chi connectivity index (χ1v) is 6.22. The summed E-state index contributed by atoms with van der Waals surface area (Å²) in [6.07, 6.45) is 4.60. The molecule has 0 N–H and O–H groups in total. The Balaban J connectivity index is 2.30. The zero-order valence-electron chi connectivity index (χ0n) is 8.35. The van der Waals surface area contributed by atoms with Crippen molar-refractivity contribution in [1.82, 2.24) is 0 Å². The second kappa shape index (κ2) is 5.66. The molecule has 0 fully saturated rings. The Morgan fingerprint density at radius 3 is 2.77 bits per heavy atom. The largest absolute Gasteiger partial charge is 0.149 e. The van der Waals surface area contributed by atoms with E-state index in [2.05, 4.69) is 25.3 Å². The number of hydrogen-bond donors (Lipinski definition) is 0. The SMILES string of the molecule is CCCC(Cl)CCc1ccsc1C. The molecule has 0 radical (unpaired) electrons. The number of hydrogen-bond acceptors (Lipinski definition) is 1. The third kappa shape index (κ3) is 3.70. The van der Waals surface area contributed by atoms with Crippen molar-refractivity contribution in [2.24, 2.45) is 0 Å². The molecule has 0 aromatic carbocycles. The minimum atomic E-state index is 0.365. The molecule has 0 aliphatic carbocycles. The van der Waals surface area contributed by atoms with Crippen molar-refractivity contribution in [1.29, 1.82) is 0 Å². The highest BCUT2D eigenvalue weighted by Crippen LogP contribution is 2.19. The highest BCUT2D eigenvalue weighted by Gasteiger charge is 2.05. The van der Waals surface area contributed by atoms with Gasteiger partial charge in [-0.1, -0.05) is 13.3 Å². The lowest BCUT2D eigenvalue weighted by molar-refractivity contribution is 0.675. The van der Waals surface area contributed by atoms with E-state index in [1.54, 1.807) is 0 Å². The first kappa shape index (κ1) is 11.1. The predicted molar refractivity (Wildman–Crippen MR) is 61.9 cm³/mol. The molecule has 13 heavy (non-hydrogen) atoms. The highest BCUT2D eigenvalue weighted by atomic mass is 35.5. The third-order valence-corrected chi connectivity index (χ3v) is 3.62. The molecule has 1 unspecified atom stereocenters. The molecule has 0 spiro atoms. The van der Waals surface area contributed by atoms with E-state index in [-0.39, 0.29) is 0 Å². The third-order valence-electron chi connectivity index (χ3n) is 2.30. The summed E-state index contributed by atoms with van der Waals surface area (Å²) in [5.74, 6) is 0. The Kier molecular flexibility index (Phi) is 4.82. The van der Waals surface area contributed by atoms with Gasteiger partial charge in [0.1, 0.15) is 0 Å². The molecule has 0 bridgehead atoms. The van der Waals surface area contributed by atoms with Gasteiger partial charge in [-0.2, -0.15) is 0 Å². The lowest BCUT2D eigenvalue weighted by atomic mass is 10.1. The van der Waals surface area contributed by atoms with Gasteiger partial charge >= 0.3 is 0 Å². The fourth-order valence-corrected chi connectivity index (χ4v) is 2.53. The number of aryl methyl sites for hydroxylation is 2. The molecule has 0 nitrogen and oxygen atoms in total. The van der Waals surface area contributed by atoms with E-state index in [0.717, 1.165) is 19.3 Å². The van der Waals surface area contributed by atoms with Crippen molar-refractivity contribution < 1.29 is 0 Å². The molecule has 0 saturated heterocycles. The van der Waals surface area contributed by atoms with E-state index < -0.39 is 0 Å². The zero-order valence-corrected chi connectivity index (χ0v) is 9.92. The Hall–Kier alpha value is -0.0100. The van der Waals surface area contributed by atoms with Crippen LogP contribution in [-0.2, 0) is 6.42 Å². The van der Waals surface area contributed by atoms with Crippen molar-refractivity contribution in [3.05, 3.63) is 21.9 Å². The molecule has 0 aliphatic rings. The molecule has 1 atom stereocenters. The van der Waals surface area contributed by atoms with Gasteiger partial charge in [-0.05, 0) is 43.2 Å². The summed E-state index contributed by atoms with van der Waals surface area (Å²) in [7, 11) is 0. The van der Waals surface area contributed by atoms with Crippen LogP contribution >= 0.6 is 22.9 Å². The summed E-state index contributed by atoms with van der Waals surface area (Å²) in [4.78, 5) is 1.44. The van der Waals surface area contributed by atoms with E-state index in [9.17, 15) is 0 Å². The van der Waals surface area contributed by atoms with Crippen molar-refractivity contribution >= 4 is 22.9 Å². The van der Waals surface area contributed by atoms with Gasteiger partial charge in [0.05, 0.1) is 0 Å². The van der Waals surface area contributed by atoms with Gasteiger partial charge in [0.15, 0.2) is 0 Å². The minimum absolute atomic E-state index is 0.365. The summed E-state index contributed by atoms with van der Waals surface area (Å²) in [6, 6.07) is 2.22. The minimum Gasteiger partial charge on any atom is -0.149 e. The fourth-order valence-electron chi connectivity index (χ4n) is 1.44. The molecule has 1 aromatic heterocycles. The normalized spacial score (nSPS) is 13.2. The van der Waals surface area contributed by atoms with E-state index in [0.29, 0.717) is 5.38 Å². The summed E-state index contributed by atoms with van der Waals surface area (Å²) < 4.78 is 0. The van der Waals surface area contributed by atoms with Crippen LogP contribution in [0, 0.1) is 6.92 Å². The Labute approximate surface area is 89.9 Å². The van der Waals surface area contributed by atoms with Gasteiger partial charge in [-0.15, -0.1) is 22.9 Å². The quantitative estimate of drug-likeness (QED) is 0.641. The number of halogens is 1. The molecule has 0 aliphatic heterocycles. The first-order chi connectivity index (χ1) is 6.24. The summed E-state index contributed by atoms with van der Waals surface area (Å²) in [5.41, 5.74) is 1.48. The Morgan fingerprint density at radius 1 is 1.46 bits per heavy atom. The van der Waals surface area contributed by atoms with E-state index in [1.807, 2.05) is 11.3 Å². The van der Waals surface area contributed by atoms with Gasteiger partial charge < -0.3 is 0 Å². The molecular weight excluding hydrogens is 200 g/mol. The van der Waals surface area contributed by atoms with Crippen LogP contribution in [0.2, 0.25) is 0 Å². The van der Waals surface area contributed by atoms with Crippen molar-refractivity contribution in [2.75, 3.05) is 0 Å². The molecule has 2 heteroatoms. The standard InChI is InChI=1S/C11H17ClS/c1-3-4-11(12)6-5-10-7-8-13-9(10)2/h7-8,11H,3-6H2,1-2H3. The number of alkyl halides is 1. The van der Waals surface area contributed by atoms with Gasteiger partial charge in [-0.25, -0.2) is 0 Å². The monoisotopic (exact) mass is 216 g/mol. The molecule has 1 aromatic rings. The lowest BCUT2D eigenvalue weighted by Gasteiger charge is -2.06. The van der Waals surface area contributed by atoms with Gasteiger partial charge in [0, 0.05) is 10.3 Å². The molecule has 0 saturated carbocycles. The van der Waals surface area contributed by atoms with E-state index >= 15 is 0 Å². The van der Waals surface area contributed by atoms with Crippen LogP contribution < -0.4 is 0 Å². The highest BCUT2D eigenvalue weighted by molar-refractivity contribution is 7.10. The van der Waals surface area contributed by atoms with Crippen LogP contribution in [0.15, 0.2) is 11.4 Å². The predicted octanol–water partition coefficient (Wildman–Crippen LogP) is 4.40. The molecule has 74 valence electrons. The van der Waals surface area contributed by atoms with Crippen LogP contribution in [-0.4, -0.2) is 5.38 Å². The fraction of sp³-hybridized carbons (Fsp3) is 0.636. The summed E-state index contributed by atoms with van der Waals surface area (Å²) in [5, 5.41) is 2.53. The second-order valence-corrected chi connectivity index (χ2v) is 5.16. The Bertz CT molecular complexity index is 242. The van der Waals surface area contributed by atoms with Gasteiger partial charge in [0.25, 0.3) is 0 Å². The molecular formula is C11H17ClS. The molecule has 1 rings (SSSR count). The average Bonchev–Trinajstić information content (AvgIpc) is 2.48. The van der Waals surface area contributed by atoms with Crippen molar-refractivity contribution in [2.45, 2.75) is 44.9 Å². The maximum absolute atomic E-state index is 6.15. The number of rotatable bonds is 5. The van der Waals surface area contributed by atoms with E-state index in [4.69, 9.17) is 11.6 Å². The summed E-state index contributed by atoms with van der Waals surface area (Å²) >= 11 is 7.98. The lowest BCUT2D eigenvalue weighted by Crippen LogP contribution is -1.99. The number of thiophene rings is 1. The molecule has 0 amide bonds. The first-order valence-electron chi connectivity index (χ1n) is 4.91.